The topological polar surface area (TPSA) is 49.3 Å². The molecule has 1 aromatic rings. The molecule has 1 unspecified atom stereocenters. The summed E-state index contributed by atoms with van der Waals surface area (Å²) in [7, 11) is 0. The molecule has 0 aliphatic rings. The zero-order chi connectivity index (χ0) is 13.7. The number of rotatable bonds is 5. The Hall–Kier alpha value is -1.56. The van der Waals surface area contributed by atoms with Gasteiger partial charge in [-0.1, -0.05) is 0 Å². The Morgan fingerprint density at radius 2 is 2.00 bits per heavy atom. The maximum Gasteiger partial charge on any atom is 0.254 e. The van der Waals surface area contributed by atoms with E-state index >= 15 is 0 Å². The summed E-state index contributed by atoms with van der Waals surface area (Å²) in [5.74, 6) is -5.30. The summed E-state index contributed by atoms with van der Waals surface area (Å²) < 4.78 is 38.8. The van der Waals surface area contributed by atoms with Crippen molar-refractivity contribution in [3.05, 3.63) is 35.1 Å². The third-order valence-corrected chi connectivity index (χ3v) is 2.36. The standard InChI is InChI=1S/C12H14F3NO2/c1-7(17)3-2-6-16-12(18)8-4-5-9(13)11(15)10(8)14/h4-5,7,17H,2-3,6H2,1H3,(H,16,18). The lowest BCUT2D eigenvalue weighted by molar-refractivity contribution is 0.0944. The van der Waals surface area contributed by atoms with Gasteiger partial charge in [0.25, 0.3) is 5.91 Å². The Morgan fingerprint density at radius 3 is 2.61 bits per heavy atom. The lowest BCUT2D eigenvalue weighted by Crippen LogP contribution is -2.26. The molecular weight excluding hydrogens is 247 g/mol. The van der Waals surface area contributed by atoms with Gasteiger partial charge in [-0.2, -0.15) is 0 Å². The summed E-state index contributed by atoms with van der Waals surface area (Å²) in [6.07, 6.45) is 0.511. The second-order valence-electron chi connectivity index (χ2n) is 3.97. The third-order valence-electron chi connectivity index (χ3n) is 2.36. The molecule has 1 aromatic carbocycles. The van der Waals surface area contributed by atoms with Gasteiger partial charge < -0.3 is 10.4 Å². The van der Waals surface area contributed by atoms with Gasteiger partial charge in [-0.25, -0.2) is 13.2 Å². The summed E-state index contributed by atoms with van der Waals surface area (Å²) in [4.78, 5) is 11.5. The second kappa shape index (κ2) is 6.39. The number of halogens is 3. The lowest BCUT2D eigenvalue weighted by Gasteiger charge is -2.07. The van der Waals surface area contributed by atoms with Gasteiger partial charge in [-0.15, -0.1) is 0 Å². The van der Waals surface area contributed by atoms with Gasteiger partial charge in [0, 0.05) is 6.54 Å². The van der Waals surface area contributed by atoms with Gasteiger partial charge in [0.2, 0.25) is 0 Å². The first-order chi connectivity index (χ1) is 8.43. The molecule has 18 heavy (non-hydrogen) atoms. The molecule has 6 heteroatoms. The molecule has 0 saturated carbocycles. The van der Waals surface area contributed by atoms with Crippen LogP contribution in [0, 0.1) is 17.5 Å². The van der Waals surface area contributed by atoms with E-state index in [4.69, 9.17) is 5.11 Å². The highest BCUT2D eigenvalue weighted by atomic mass is 19.2. The number of benzene rings is 1. The third kappa shape index (κ3) is 3.73. The molecule has 0 saturated heterocycles. The average Bonchev–Trinajstić information content (AvgIpc) is 2.31. The van der Waals surface area contributed by atoms with Crippen LogP contribution in [0.25, 0.3) is 0 Å². The molecule has 1 rings (SSSR count). The highest BCUT2D eigenvalue weighted by Gasteiger charge is 2.18. The number of aliphatic hydroxyl groups is 1. The van der Waals surface area contributed by atoms with Crippen molar-refractivity contribution in [2.75, 3.05) is 6.54 Å². The van der Waals surface area contributed by atoms with Crippen molar-refractivity contribution < 1.29 is 23.1 Å². The fourth-order valence-electron chi connectivity index (χ4n) is 1.40. The minimum Gasteiger partial charge on any atom is -0.393 e. The van der Waals surface area contributed by atoms with Crippen LogP contribution in [0.3, 0.4) is 0 Å². The molecule has 0 spiro atoms. The molecule has 0 aliphatic carbocycles. The molecule has 0 bridgehead atoms. The van der Waals surface area contributed by atoms with E-state index in [-0.39, 0.29) is 6.54 Å². The fraction of sp³-hybridized carbons (Fsp3) is 0.417. The quantitative estimate of drug-likeness (QED) is 0.629. The van der Waals surface area contributed by atoms with Crippen LogP contribution < -0.4 is 5.32 Å². The molecule has 0 aromatic heterocycles. The smallest absolute Gasteiger partial charge is 0.254 e. The number of nitrogens with one attached hydrogen (secondary N) is 1. The van der Waals surface area contributed by atoms with Crippen LogP contribution in [-0.4, -0.2) is 23.7 Å². The maximum atomic E-state index is 13.2. The van der Waals surface area contributed by atoms with Crippen molar-refractivity contribution in [1.29, 1.82) is 0 Å². The van der Waals surface area contributed by atoms with E-state index < -0.39 is 35.0 Å². The van der Waals surface area contributed by atoms with E-state index in [0.29, 0.717) is 18.9 Å². The second-order valence-corrected chi connectivity index (χ2v) is 3.97. The molecule has 0 heterocycles. The first-order valence-electron chi connectivity index (χ1n) is 5.53. The van der Waals surface area contributed by atoms with Gasteiger partial charge in [0.1, 0.15) is 0 Å². The molecule has 0 fully saturated rings. The van der Waals surface area contributed by atoms with Crippen LogP contribution >= 0.6 is 0 Å². The summed E-state index contributed by atoms with van der Waals surface area (Å²) >= 11 is 0. The summed E-state index contributed by atoms with van der Waals surface area (Å²) in [5, 5.41) is 11.3. The van der Waals surface area contributed by atoms with Gasteiger partial charge in [0.15, 0.2) is 17.5 Å². The predicted molar refractivity (Wildman–Crippen MR) is 59.6 cm³/mol. The van der Waals surface area contributed by atoms with E-state index in [0.717, 1.165) is 6.07 Å². The number of hydrogen-bond acceptors (Lipinski definition) is 2. The van der Waals surface area contributed by atoms with Crippen molar-refractivity contribution in [2.45, 2.75) is 25.9 Å². The Labute approximate surface area is 103 Å². The van der Waals surface area contributed by atoms with Crippen molar-refractivity contribution >= 4 is 5.91 Å². The van der Waals surface area contributed by atoms with Crippen molar-refractivity contribution in [3.8, 4) is 0 Å². The number of amides is 1. The lowest BCUT2D eigenvalue weighted by atomic mass is 10.1. The zero-order valence-electron chi connectivity index (χ0n) is 9.84. The zero-order valence-corrected chi connectivity index (χ0v) is 9.84. The normalized spacial score (nSPS) is 12.3. The number of hydrogen-bond donors (Lipinski definition) is 2. The first kappa shape index (κ1) is 14.5. The highest BCUT2D eigenvalue weighted by molar-refractivity contribution is 5.94. The average molecular weight is 261 g/mol. The Bertz CT molecular complexity index is 436. The van der Waals surface area contributed by atoms with E-state index in [1.54, 1.807) is 6.92 Å². The van der Waals surface area contributed by atoms with Crippen LogP contribution in [-0.2, 0) is 0 Å². The number of aliphatic hydroxyl groups excluding tert-OH is 1. The van der Waals surface area contributed by atoms with Crippen LogP contribution in [0.2, 0.25) is 0 Å². The first-order valence-corrected chi connectivity index (χ1v) is 5.53. The molecule has 0 aliphatic heterocycles. The van der Waals surface area contributed by atoms with Gasteiger partial charge in [-0.05, 0) is 31.9 Å². The van der Waals surface area contributed by atoms with Crippen LogP contribution in [0.5, 0.6) is 0 Å². The highest BCUT2D eigenvalue weighted by Crippen LogP contribution is 2.14. The molecule has 2 N–H and O–H groups in total. The summed E-state index contributed by atoms with van der Waals surface area (Å²) in [6, 6.07) is 1.58. The van der Waals surface area contributed by atoms with Crippen LogP contribution in [0.1, 0.15) is 30.1 Å². The van der Waals surface area contributed by atoms with Gasteiger partial charge in [-0.3, -0.25) is 4.79 Å². The summed E-state index contributed by atoms with van der Waals surface area (Å²) in [5.41, 5.74) is -0.536. The Balaban J connectivity index is 2.60. The molecule has 100 valence electrons. The van der Waals surface area contributed by atoms with Crippen molar-refractivity contribution in [3.63, 3.8) is 0 Å². The van der Waals surface area contributed by atoms with Crippen LogP contribution in [0.15, 0.2) is 12.1 Å². The fourth-order valence-corrected chi connectivity index (χ4v) is 1.40. The molecular formula is C12H14F3NO2. The van der Waals surface area contributed by atoms with Crippen molar-refractivity contribution in [2.24, 2.45) is 0 Å². The number of carbonyl (C=O) groups excluding carboxylic acids is 1. The maximum absolute atomic E-state index is 13.2. The van der Waals surface area contributed by atoms with E-state index in [2.05, 4.69) is 5.32 Å². The van der Waals surface area contributed by atoms with Crippen molar-refractivity contribution in [1.82, 2.24) is 5.32 Å². The molecule has 1 amide bonds. The molecule has 3 nitrogen and oxygen atoms in total. The SMILES string of the molecule is CC(O)CCCNC(=O)c1ccc(F)c(F)c1F. The summed E-state index contributed by atoms with van der Waals surface area (Å²) in [6.45, 7) is 1.83. The van der Waals surface area contributed by atoms with E-state index in [1.807, 2.05) is 0 Å². The van der Waals surface area contributed by atoms with E-state index in [1.165, 1.54) is 0 Å². The Kier molecular flexibility index (Phi) is 5.15. The molecule has 0 radical (unpaired) electrons. The van der Waals surface area contributed by atoms with E-state index in [9.17, 15) is 18.0 Å². The molecule has 1 atom stereocenters. The monoisotopic (exact) mass is 261 g/mol. The predicted octanol–water partition coefficient (Wildman–Crippen LogP) is 1.99. The van der Waals surface area contributed by atoms with Gasteiger partial charge >= 0.3 is 0 Å². The van der Waals surface area contributed by atoms with Gasteiger partial charge in [0.05, 0.1) is 11.7 Å². The number of carbonyl (C=O) groups is 1. The minimum atomic E-state index is -1.66. The largest absolute Gasteiger partial charge is 0.393 e. The Morgan fingerprint density at radius 1 is 1.33 bits per heavy atom. The minimum absolute atomic E-state index is 0.224. The van der Waals surface area contributed by atoms with Crippen LogP contribution in [0.4, 0.5) is 13.2 Å².